The summed E-state index contributed by atoms with van der Waals surface area (Å²) in [5, 5.41) is 191. The first kappa shape index (κ1) is 72.8. The zero-order valence-electron chi connectivity index (χ0n) is 45.3. The van der Waals surface area contributed by atoms with E-state index in [4.69, 9.17) is 54.8 Å². The second-order valence-electron chi connectivity index (χ2n) is 20.8. The van der Waals surface area contributed by atoms with Crippen LogP contribution in [0, 0.1) is 11.3 Å². The second-order valence-corrected chi connectivity index (χ2v) is 26.0. The highest BCUT2D eigenvalue weighted by Crippen LogP contribution is 2.35. The molecular weight excluding hydrogens is 1200 g/mol. The summed E-state index contributed by atoms with van der Waals surface area (Å²) in [7, 11) is 0. The molecule has 5 rings (SSSR count). The van der Waals surface area contributed by atoms with E-state index in [0.717, 1.165) is 11.8 Å². The van der Waals surface area contributed by atoms with Gasteiger partial charge >= 0.3 is 0 Å². The Kier molecular flexibility index (Phi) is 32.5. The molecule has 482 valence electrons. The number of hydrogen-bond acceptors (Lipinski definition) is 32. The predicted molar refractivity (Wildman–Crippen MR) is 298 cm³/mol. The van der Waals surface area contributed by atoms with Gasteiger partial charge in [-0.3, -0.25) is 0 Å². The third-order valence-electron chi connectivity index (χ3n) is 14.5. The van der Waals surface area contributed by atoms with Crippen LogP contribution in [-0.4, -0.2) is 350 Å². The van der Waals surface area contributed by atoms with Crippen LogP contribution >= 0.6 is 59.3 Å². The van der Waals surface area contributed by atoms with Gasteiger partial charge in [-0.2, -0.15) is 11.8 Å². The Hall–Kier alpha value is 0.0100. The molecule has 29 nitrogen and oxygen atoms in total. The van der Waals surface area contributed by atoms with Crippen LogP contribution < -0.4 is 10.6 Å². The summed E-state index contributed by atoms with van der Waals surface area (Å²) >= 11 is 10.6. The maximum absolute atomic E-state index is 11.1. The molecule has 0 amide bonds. The average molecular weight is 1290 g/mol. The summed E-state index contributed by atoms with van der Waals surface area (Å²) in [4.78, 5) is 0. The van der Waals surface area contributed by atoms with Crippen LogP contribution in [0.15, 0.2) is 0 Å². The molecule has 0 radical (unpaired) electrons. The molecule has 5 aliphatic heterocycles. The lowest BCUT2D eigenvalue weighted by molar-refractivity contribution is -0.338. The van der Waals surface area contributed by atoms with E-state index in [1.165, 1.54) is 35.3 Å². The Morgan fingerprint density at radius 3 is 1.35 bits per heavy atom. The molecule has 5 aliphatic rings. The fourth-order valence-electron chi connectivity index (χ4n) is 9.37. The highest BCUT2D eigenvalue weighted by molar-refractivity contribution is 8.00. The number of rotatable bonds is 34. The van der Waals surface area contributed by atoms with E-state index in [1.54, 1.807) is 6.92 Å². The highest BCUT2D eigenvalue weighted by atomic mass is 32.2. The molecule has 5 heterocycles. The van der Waals surface area contributed by atoms with E-state index in [2.05, 4.69) is 10.6 Å². The third-order valence-corrected chi connectivity index (χ3v) is 19.6. The van der Waals surface area contributed by atoms with Crippen molar-refractivity contribution >= 4 is 64.4 Å². The Bertz CT molecular complexity index is 1740. The van der Waals surface area contributed by atoms with Gasteiger partial charge in [0, 0.05) is 50.3 Å². The molecule has 5 fully saturated rings. The van der Waals surface area contributed by atoms with Gasteiger partial charge in [-0.1, -0.05) is 6.92 Å². The average Bonchev–Trinajstić information content (AvgIpc) is 3.63. The van der Waals surface area contributed by atoms with Crippen molar-refractivity contribution in [3.05, 3.63) is 0 Å². The fourth-order valence-corrected chi connectivity index (χ4v) is 13.9. The van der Waals surface area contributed by atoms with Crippen LogP contribution in [0.2, 0.25) is 0 Å². The molecule has 20 N–H and O–H groups in total. The first-order chi connectivity index (χ1) is 39.1. The molecule has 0 aromatic heterocycles. The van der Waals surface area contributed by atoms with Gasteiger partial charge in [-0.15, -0.1) is 35.3 Å². The number of nitrogens with one attached hydrogen (secondary N) is 2. The fraction of sp³-hybridized carbons (Fsp3) is 0.979. The number of aliphatic hydroxyl groups excluding tert-OH is 18. The summed E-state index contributed by atoms with van der Waals surface area (Å²) < 4.78 is 52.6. The van der Waals surface area contributed by atoms with E-state index in [1.807, 2.05) is 0 Å². The van der Waals surface area contributed by atoms with Crippen molar-refractivity contribution in [3.8, 4) is 0 Å². The predicted octanol–water partition coefficient (Wildman–Crippen LogP) is -8.11. The zero-order valence-corrected chi connectivity index (χ0v) is 49.4. The van der Waals surface area contributed by atoms with Crippen molar-refractivity contribution in [2.75, 3.05) is 108 Å². The van der Waals surface area contributed by atoms with Gasteiger partial charge in [-0.05, 0) is 48.7 Å². The van der Waals surface area contributed by atoms with Crippen molar-refractivity contribution in [2.45, 2.75) is 171 Å². The lowest BCUT2D eigenvalue weighted by Gasteiger charge is -2.46. The Balaban J connectivity index is 1.20. The molecule has 10 unspecified atom stereocenters. The number of thiocarbonyl (C=S) groups is 1. The van der Waals surface area contributed by atoms with Crippen LogP contribution in [0.4, 0.5) is 0 Å². The van der Waals surface area contributed by atoms with E-state index in [9.17, 15) is 91.9 Å². The largest absolute Gasteiger partial charge is 0.394 e. The minimum Gasteiger partial charge on any atom is -0.394 e. The summed E-state index contributed by atoms with van der Waals surface area (Å²) in [6.45, 7) is 0.326. The van der Waals surface area contributed by atoms with Gasteiger partial charge in [0.2, 0.25) is 0 Å². The Labute approximate surface area is 497 Å². The minimum atomic E-state index is -1.82. The van der Waals surface area contributed by atoms with Gasteiger partial charge in [0.1, 0.15) is 120 Å². The van der Waals surface area contributed by atoms with Gasteiger partial charge < -0.3 is 145 Å². The minimum absolute atomic E-state index is 0.0270. The number of aliphatic hydroxyl groups is 18. The molecule has 0 spiro atoms. The summed E-state index contributed by atoms with van der Waals surface area (Å²) in [5.41, 5.74) is -3.90. The Morgan fingerprint density at radius 1 is 0.463 bits per heavy atom. The first-order valence-corrected chi connectivity index (χ1v) is 31.9. The van der Waals surface area contributed by atoms with Crippen molar-refractivity contribution in [3.63, 3.8) is 0 Å². The van der Waals surface area contributed by atoms with E-state index in [0.29, 0.717) is 54.6 Å². The molecule has 25 atom stereocenters. The second kappa shape index (κ2) is 36.6. The highest BCUT2D eigenvalue weighted by Gasteiger charge is 2.51. The van der Waals surface area contributed by atoms with Crippen molar-refractivity contribution in [2.24, 2.45) is 11.3 Å². The quantitative estimate of drug-likeness (QED) is 0.0210. The summed E-state index contributed by atoms with van der Waals surface area (Å²) in [6, 6.07) is 0. The van der Waals surface area contributed by atoms with Crippen molar-refractivity contribution in [1.29, 1.82) is 0 Å². The van der Waals surface area contributed by atoms with Crippen LogP contribution in [0.3, 0.4) is 0 Å². The monoisotopic (exact) mass is 1280 g/mol. The molecule has 0 aromatic carbocycles. The summed E-state index contributed by atoms with van der Waals surface area (Å²) in [6.07, 6.45) is -28.6. The molecule has 82 heavy (non-hydrogen) atoms. The molecule has 0 aromatic rings. The molecule has 34 heteroatoms. The van der Waals surface area contributed by atoms with Crippen molar-refractivity contribution in [1.82, 2.24) is 10.6 Å². The molecule has 5 saturated heterocycles. The first-order valence-electron chi connectivity index (χ1n) is 27.2. The van der Waals surface area contributed by atoms with Crippen LogP contribution in [0.1, 0.15) is 26.2 Å². The summed E-state index contributed by atoms with van der Waals surface area (Å²) in [5.74, 6) is 1.61. The van der Waals surface area contributed by atoms with Gasteiger partial charge in [-0.25, -0.2) is 0 Å². The topological polar surface area (TPSA) is 471 Å². The van der Waals surface area contributed by atoms with E-state index < -0.39 is 183 Å². The SMILES string of the molecule is C[C@@H]1C(CSCCNC(=S)NCC(COCCCS[C@@H]2OC(CO)[C@@H](O)C(O)[C@@H]2O)(COCCCS[C@@H]2OC(CO)[C@@H](O)C(O)[C@@H]2O)COCCCS[C@@H]2OC(CO)[C@@H](O[C@@H]3OC(CO)[C@H](O)C(O)[C@@H]3O)C(O)[C@@H]2O)O[C@H](O)[C@@H](O)C1O. The van der Waals surface area contributed by atoms with E-state index >= 15 is 0 Å². The van der Waals surface area contributed by atoms with Crippen LogP contribution in [-0.2, 0) is 42.6 Å². The van der Waals surface area contributed by atoms with Gasteiger partial charge in [0.05, 0.1) is 63.9 Å². The standard InChI is InChI=1S/C48H88N2O27S5/c1-22-27(72-42(68)36(63)28(22)55)17-79-12-5-49-47(78)50-18-48(19-69-6-2-9-80-44-38(65)33(60)30(57)24(14-52)74-44,20-70-7-3-10-81-45-39(66)34(61)31(58)25(15-53)75-45)21-71-8-4-11-82-46-40(67)35(62)41(26(16-54)76-46)77-43-37(64)32(59)29(56)23(13-51)73-43/h22-46,51-68H,2-21H2,1H3,(H2,49,50,78)/t22-,23?,24?,25?,26?,27?,28?,29+,30-,31-,32?,33?,34?,35?,36+,37+,38+,39+,40+,41-,42+,43+,44+,45+,46+,48?/m1/s1. The maximum atomic E-state index is 11.1. The lowest BCUT2D eigenvalue weighted by atomic mass is 9.90. The number of thioether (sulfide) groups is 4. The number of ether oxygens (including phenoxy) is 9. The smallest absolute Gasteiger partial charge is 0.187 e. The van der Waals surface area contributed by atoms with Crippen LogP contribution in [0.5, 0.6) is 0 Å². The van der Waals surface area contributed by atoms with Gasteiger partial charge in [0.15, 0.2) is 17.7 Å². The van der Waals surface area contributed by atoms with E-state index in [-0.39, 0.29) is 51.3 Å². The molecular formula is C48H88N2O27S5. The number of hydrogen-bond donors (Lipinski definition) is 20. The maximum Gasteiger partial charge on any atom is 0.187 e. The zero-order chi connectivity index (χ0) is 60.3. The molecule has 0 saturated carbocycles. The molecule has 0 bridgehead atoms. The van der Waals surface area contributed by atoms with Gasteiger partial charge in [0.25, 0.3) is 0 Å². The van der Waals surface area contributed by atoms with Crippen molar-refractivity contribution < 1.29 is 135 Å². The van der Waals surface area contributed by atoms with Crippen LogP contribution in [0.25, 0.3) is 0 Å². The lowest BCUT2D eigenvalue weighted by Crippen LogP contribution is -2.64. The third kappa shape index (κ3) is 20.5. The Morgan fingerprint density at radius 2 is 0.890 bits per heavy atom. The normalized spacial score (nSPS) is 40.8. The molecule has 0 aliphatic carbocycles.